The van der Waals surface area contributed by atoms with Gasteiger partial charge in [0, 0.05) is 12.4 Å². The van der Waals surface area contributed by atoms with E-state index >= 15 is 0 Å². The van der Waals surface area contributed by atoms with Crippen molar-refractivity contribution >= 4 is 0 Å². The Balaban J connectivity index is 0.000000183. The van der Waals surface area contributed by atoms with Gasteiger partial charge in [-0.2, -0.15) is 5.10 Å². The second kappa shape index (κ2) is 7.91. The molecule has 0 saturated heterocycles. The zero-order valence-corrected chi connectivity index (χ0v) is 9.78. The van der Waals surface area contributed by atoms with Crippen molar-refractivity contribution in [3.63, 3.8) is 0 Å². The average Bonchev–Trinajstić information content (AvgIpc) is 3.06. The first kappa shape index (κ1) is 13.8. The molecule has 0 aliphatic heterocycles. The molecule has 0 amide bonds. The van der Waals surface area contributed by atoms with E-state index in [1.54, 1.807) is 6.20 Å². The molecular weight excluding hydrogens is 240 g/mol. The van der Waals surface area contributed by atoms with Crippen molar-refractivity contribution in [3.05, 3.63) is 82.3 Å². The monoisotopic (exact) mass is 252 g/mol. The van der Waals surface area contributed by atoms with Gasteiger partial charge >= 0.3 is 17.1 Å². The molecule has 16 heavy (non-hydrogen) atoms. The van der Waals surface area contributed by atoms with Crippen molar-refractivity contribution in [2.75, 3.05) is 0 Å². The standard InChI is InChI=1S/C8H7N2.C5H5.Fe/c1-2-5-8(4-1)10-7-3-6-9-10;1-2-4-5-3-1;/h1-7H;1-5H;/q;;+2. The Morgan fingerprint density at radius 3 is 1.81 bits per heavy atom. The zero-order chi connectivity index (χ0) is 10.3. The summed E-state index contributed by atoms with van der Waals surface area (Å²) in [6.45, 7) is 0. The minimum Gasteiger partial charge on any atom is -0.264 e. The van der Waals surface area contributed by atoms with Crippen molar-refractivity contribution in [2.45, 2.75) is 0 Å². The summed E-state index contributed by atoms with van der Waals surface area (Å²) in [6, 6.07) is 3.03. The maximum absolute atomic E-state index is 4.08. The fourth-order valence-electron chi connectivity index (χ4n) is 1.26. The largest absolute Gasteiger partial charge is 2.00 e. The molecule has 1 aromatic heterocycles. The first-order chi connectivity index (χ1) is 7.47. The van der Waals surface area contributed by atoms with Gasteiger partial charge in [0.25, 0.3) is 0 Å². The van der Waals surface area contributed by atoms with Gasteiger partial charge in [-0.3, -0.25) is 4.68 Å². The zero-order valence-electron chi connectivity index (χ0n) is 8.68. The van der Waals surface area contributed by atoms with Gasteiger partial charge in [-0.1, -0.05) is 0 Å². The van der Waals surface area contributed by atoms with Crippen LogP contribution in [0.1, 0.15) is 0 Å². The van der Waals surface area contributed by atoms with Crippen LogP contribution < -0.4 is 0 Å². The van der Waals surface area contributed by atoms with Crippen molar-refractivity contribution in [1.82, 2.24) is 9.78 Å². The van der Waals surface area contributed by atoms with Crippen LogP contribution in [0.3, 0.4) is 0 Å². The van der Waals surface area contributed by atoms with E-state index in [4.69, 9.17) is 0 Å². The van der Waals surface area contributed by atoms with Crippen LogP contribution in [0, 0.1) is 63.8 Å². The maximum atomic E-state index is 4.08. The van der Waals surface area contributed by atoms with Crippen LogP contribution in [-0.4, -0.2) is 9.78 Å². The normalized spacial score (nSPS) is 20.0. The number of nitrogens with zero attached hydrogens (tertiary/aromatic N) is 2. The van der Waals surface area contributed by atoms with Gasteiger partial charge in [0.2, 0.25) is 0 Å². The van der Waals surface area contributed by atoms with E-state index in [0.717, 1.165) is 6.04 Å². The van der Waals surface area contributed by atoms with Crippen LogP contribution >= 0.6 is 0 Å². The van der Waals surface area contributed by atoms with E-state index < -0.39 is 0 Å². The summed E-state index contributed by atoms with van der Waals surface area (Å²) < 4.78 is 1.83. The van der Waals surface area contributed by atoms with E-state index in [1.165, 1.54) is 0 Å². The number of rotatable bonds is 1. The van der Waals surface area contributed by atoms with Crippen molar-refractivity contribution in [3.8, 4) is 0 Å². The third kappa shape index (κ3) is 4.31. The van der Waals surface area contributed by atoms with E-state index in [9.17, 15) is 0 Å². The van der Waals surface area contributed by atoms with Crippen LogP contribution in [0.15, 0.2) is 18.5 Å². The van der Waals surface area contributed by atoms with Gasteiger partial charge < -0.3 is 0 Å². The van der Waals surface area contributed by atoms with Crippen molar-refractivity contribution < 1.29 is 17.1 Å². The van der Waals surface area contributed by atoms with Crippen LogP contribution in [0.5, 0.6) is 0 Å². The second-order valence-corrected chi connectivity index (χ2v) is 3.06. The Morgan fingerprint density at radius 1 is 0.812 bits per heavy atom. The summed E-state index contributed by atoms with van der Waals surface area (Å²) in [5, 5.41) is 4.08. The molecule has 0 aromatic carbocycles. The summed E-state index contributed by atoms with van der Waals surface area (Å²) >= 11 is 0. The molecule has 1 heterocycles. The van der Waals surface area contributed by atoms with Crippen molar-refractivity contribution in [1.29, 1.82) is 0 Å². The summed E-state index contributed by atoms with van der Waals surface area (Å²) in [5.74, 6) is 0. The molecule has 0 spiro atoms. The quantitative estimate of drug-likeness (QED) is 0.700. The predicted molar refractivity (Wildman–Crippen MR) is 59.6 cm³/mol. The van der Waals surface area contributed by atoms with Gasteiger partial charge in [-0.15, -0.1) is 0 Å². The van der Waals surface area contributed by atoms with Crippen LogP contribution in [0.25, 0.3) is 0 Å². The smallest absolute Gasteiger partial charge is 0.264 e. The van der Waals surface area contributed by atoms with E-state index in [1.807, 2.05) is 74.7 Å². The van der Waals surface area contributed by atoms with Gasteiger partial charge in [0.05, 0.1) is 6.04 Å². The van der Waals surface area contributed by atoms with Gasteiger partial charge in [-0.25, -0.2) is 0 Å². The van der Waals surface area contributed by atoms with Crippen LogP contribution in [0.4, 0.5) is 0 Å². The summed E-state index contributed by atoms with van der Waals surface area (Å²) in [4.78, 5) is 0. The Bertz CT molecular complexity index is 241. The van der Waals surface area contributed by atoms with E-state index in [2.05, 4.69) is 5.10 Å². The third-order valence-electron chi connectivity index (χ3n) is 1.97. The molecule has 3 rings (SSSR count). The molecule has 2 nitrogen and oxygen atoms in total. The fourth-order valence-corrected chi connectivity index (χ4v) is 1.26. The van der Waals surface area contributed by atoms with Crippen LogP contribution in [-0.2, 0) is 17.1 Å². The van der Waals surface area contributed by atoms with Gasteiger partial charge in [0.15, 0.2) is 0 Å². The van der Waals surface area contributed by atoms with Gasteiger partial charge in [0.1, 0.15) is 0 Å². The minimum absolute atomic E-state index is 0. The maximum Gasteiger partial charge on any atom is 2.00 e. The molecule has 1 aromatic rings. The Kier molecular flexibility index (Phi) is 6.82. The number of hydrogen-bond acceptors (Lipinski definition) is 1. The molecule has 0 N–H and O–H groups in total. The van der Waals surface area contributed by atoms with E-state index in [-0.39, 0.29) is 17.1 Å². The molecule has 2 fully saturated rings. The molecule has 2 aliphatic rings. The second-order valence-electron chi connectivity index (χ2n) is 3.06. The minimum atomic E-state index is 0. The summed E-state index contributed by atoms with van der Waals surface area (Å²) in [5.41, 5.74) is 0. The first-order valence-corrected chi connectivity index (χ1v) is 4.85. The third-order valence-corrected chi connectivity index (χ3v) is 1.97. The summed E-state index contributed by atoms with van der Waals surface area (Å²) in [6.07, 6.45) is 21.7. The molecule has 0 atom stereocenters. The SMILES string of the molecule is [CH]1[CH][CH][CH][CH]1.[CH]1[CH][CH][C](n2cccn2)[CH]1.[Fe+2]. The molecule has 0 unspecified atom stereocenters. The molecular formula is C13H12FeN2+2. The van der Waals surface area contributed by atoms with E-state index in [0.29, 0.717) is 0 Å². The van der Waals surface area contributed by atoms with Crippen LogP contribution in [0.2, 0.25) is 0 Å². The molecule has 80 valence electrons. The molecule has 3 heteroatoms. The Labute approximate surface area is 109 Å². The number of hydrogen-bond donors (Lipinski definition) is 0. The number of aromatic nitrogens is 2. The predicted octanol–water partition coefficient (Wildman–Crippen LogP) is 2.11. The molecule has 2 aliphatic carbocycles. The molecule has 10 radical (unpaired) electrons. The average molecular weight is 252 g/mol. The topological polar surface area (TPSA) is 17.8 Å². The summed E-state index contributed by atoms with van der Waals surface area (Å²) in [7, 11) is 0. The molecule has 0 bridgehead atoms. The molecule has 2 saturated carbocycles. The van der Waals surface area contributed by atoms with Gasteiger partial charge in [-0.05, 0) is 63.9 Å². The Morgan fingerprint density at radius 2 is 1.38 bits per heavy atom. The first-order valence-electron chi connectivity index (χ1n) is 4.85. The fraction of sp³-hybridized carbons (Fsp3) is 0. The Hall–Kier alpha value is -0.271. The van der Waals surface area contributed by atoms with Crippen molar-refractivity contribution in [2.24, 2.45) is 0 Å².